The summed E-state index contributed by atoms with van der Waals surface area (Å²) in [5, 5.41) is 21.0. The second kappa shape index (κ2) is 6.99. The molecule has 1 aliphatic heterocycles. The number of carbonyl (C=O) groups is 1. The fourth-order valence-electron chi connectivity index (χ4n) is 3.19. The van der Waals surface area contributed by atoms with Crippen molar-refractivity contribution in [2.45, 2.75) is 25.8 Å². The number of nitrogens with zero attached hydrogens (tertiary/aromatic N) is 7. The Hall–Kier alpha value is -3.54. The molecule has 1 saturated heterocycles. The minimum atomic E-state index is -0.0498. The van der Waals surface area contributed by atoms with E-state index in [9.17, 15) is 4.79 Å². The highest BCUT2D eigenvalue weighted by Crippen LogP contribution is 2.24. The fraction of sp³-hybridized carbons (Fsp3) is 0.333. The van der Waals surface area contributed by atoms with Crippen molar-refractivity contribution in [3.63, 3.8) is 0 Å². The second-order valence-electron chi connectivity index (χ2n) is 6.45. The van der Waals surface area contributed by atoms with Crippen LogP contribution in [0.4, 0.5) is 0 Å². The first kappa shape index (κ1) is 16.9. The molecule has 3 aromatic rings. The van der Waals surface area contributed by atoms with Gasteiger partial charge in [-0.05, 0) is 38.0 Å². The van der Waals surface area contributed by atoms with Gasteiger partial charge in [-0.15, -0.1) is 5.10 Å². The number of likely N-dealkylation sites (tertiary alicyclic amines) is 1. The van der Waals surface area contributed by atoms with Crippen LogP contribution < -0.4 is 0 Å². The first-order valence-corrected chi connectivity index (χ1v) is 8.66. The van der Waals surface area contributed by atoms with E-state index >= 15 is 0 Å². The molecular weight excluding hydrogens is 346 g/mol. The third-order valence-corrected chi connectivity index (χ3v) is 4.62. The van der Waals surface area contributed by atoms with Gasteiger partial charge in [0.15, 0.2) is 11.5 Å². The number of rotatable bonds is 3. The van der Waals surface area contributed by atoms with Crippen LogP contribution in [0, 0.1) is 18.3 Å². The van der Waals surface area contributed by atoms with Crippen LogP contribution in [-0.2, 0) is 0 Å². The third kappa shape index (κ3) is 3.42. The zero-order valence-electron chi connectivity index (χ0n) is 14.7. The number of carbonyl (C=O) groups excluding carboxylic acids is 1. The topological polar surface area (TPSA) is 114 Å². The molecule has 0 unspecified atom stereocenters. The summed E-state index contributed by atoms with van der Waals surface area (Å²) in [5.41, 5.74) is 1.58. The minimum Gasteiger partial charge on any atom is -0.338 e. The smallest absolute Gasteiger partial charge is 0.280 e. The Kier molecular flexibility index (Phi) is 4.38. The van der Waals surface area contributed by atoms with Gasteiger partial charge in [-0.25, -0.2) is 4.68 Å². The minimum absolute atomic E-state index is 0.0498. The van der Waals surface area contributed by atoms with Gasteiger partial charge in [0.05, 0.1) is 23.9 Å². The molecule has 0 radical (unpaired) electrons. The molecule has 2 aromatic heterocycles. The average Bonchev–Trinajstić information content (AvgIpc) is 3.37. The van der Waals surface area contributed by atoms with E-state index in [1.165, 1.54) is 0 Å². The van der Waals surface area contributed by atoms with E-state index in [0.29, 0.717) is 41.6 Å². The highest BCUT2D eigenvalue weighted by molar-refractivity contribution is 5.94. The lowest BCUT2D eigenvalue weighted by atomic mass is 10.0. The van der Waals surface area contributed by atoms with Gasteiger partial charge in [-0.2, -0.15) is 10.2 Å². The van der Waals surface area contributed by atoms with Crippen molar-refractivity contribution in [2.75, 3.05) is 13.1 Å². The normalized spacial score (nSPS) is 14.9. The predicted molar refractivity (Wildman–Crippen MR) is 93.4 cm³/mol. The molecule has 0 spiro atoms. The molecule has 0 aliphatic carbocycles. The number of nitriles is 1. The summed E-state index contributed by atoms with van der Waals surface area (Å²) in [7, 11) is 0. The van der Waals surface area contributed by atoms with Crippen LogP contribution in [0.5, 0.6) is 0 Å². The molecule has 1 fully saturated rings. The number of hydrogen-bond acceptors (Lipinski definition) is 7. The third-order valence-electron chi connectivity index (χ3n) is 4.62. The highest BCUT2D eigenvalue weighted by atomic mass is 16.5. The molecule has 3 heterocycles. The van der Waals surface area contributed by atoms with Crippen LogP contribution >= 0.6 is 0 Å². The number of benzene rings is 1. The van der Waals surface area contributed by atoms with Crippen LogP contribution in [0.1, 0.15) is 40.6 Å². The van der Waals surface area contributed by atoms with Crippen molar-refractivity contribution in [3.8, 4) is 17.7 Å². The van der Waals surface area contributed by atoms with Crippen LogP contribution in [0.15, 0.2) is 35.0 Å². The molecule has 27 heavy (non-hydrogen) atoms. The van der Waals surface area contributed by atoms with Gasteiger partial charge < -0.3 is 9.42 Å². The van der Waals surface area contributed by atoms with Gasteiger partial charge in [0.25, 0.3) is 11.8 Å². The van der Waals surface area contributed by atoms with Crippen LogP contribution in [0.25, 0.3) is 11.6 Å². The molecule has 4 rings (SSSR count). The van der Waals surface area contributed by atoms with E-state index in [2.05, 4.69) is 26.5 Å². The van der Waals surface area contributed by atoms with Gasteiger partial charge in [-0.3, -0.25) is 4.79 Å². The second-order valence-corrected chi connectivity index (χ2v) is 6.45. The Bertz CT molecular complexity index is 1010. The lowest BCUT2D eigenvalue weighted by Gasteiger charge is -2.31. The average molecular weight is 363 g/mol. The first-order valence-electron chi connectivity index (χ1n) is 8.66. The number of piperidine rings is 1. The van der Waals surface area contributed by atoms with Gasteiger partial charge in [0.2, 0.25) is 0 Å². The summed E-state index contributed by atoms with van der Waals surface area (Å²) in [6, 6.07) is 9.01. The van der Waals surface area contributed by atoms with E-state index in [4.69, 9.17) is 9.78 Å². The molecule has 0 bridgehead atoms. The standard InChI is InChI=1S/C18H17N7O2/c1-12-20-17(27-22-12)16-11-25(23-21-16)15-5-7-24(8-6-15)18(26)14-4-2-3-13(9-14)10-19/h2-4,9,11,15H,5-8H2,1H3. The monoisotopic (exact) mass is 363 g/mol. The largest absolute Gasteiger partial charge is 0.338 e. The first-order chi connectivity index (χ1) is 13.1. The molecule has 9 heteroatoms. The maximum Gasteiger partial charge on any atom is 0.280 e. The summed E-state index contributed by atoms with van der Waals surface area (Å²) < 4.78 is 6.91. The summed E-state index contributed by atoms with van der Waals surface area (Å²) >= 11 is 0. The molecular formula is C18H17N7O2. The van der Waals surface area contributed by atoms with Crippen molar-refractivity contribution in [2.24, 2.45) is 0 Å². The summed E-state index contributed by atoms with van der Waals surface area (Å²) in [5.74, 6) is 0.849. The molecule has 1 amide bonds. The SMILES string of the molecule is Cc1noc(-c2cn(C3CCN(C(=O)c4cccc(C#N)c4)CC3)nn2)n1. The van der Waals surface area contributed by atoms with Gasteiger partial charge >= 0.3 is 0 Å². The molecule has 1 aliphatic rings. The lowest BCUT2D eigenvalue weighted by molar-refractivity contribution is 0.0689. The Labute approximate surface area is 155 Å². The molecule has 0 atom stereocenters. The Morgan fingerprint density at radius 2 is 2.15 bits per heavy atom. The molecule has 136 valence electrons. The maximum atomic E-state index is 12.7. The zero-order chi connectivity index (χ0) is 18.8. The van der Waals surface area contributed by atoms with E-state index in [1.807, 2.05) is 4.90 Å². The number of aryl methyl sites for hydroxylation is 1. The molecule has 0 N–H and O–H groups in total. The quantitative estimate of drug-likeness (QED) is 0.699. The summed E-state index contributed by atoms with van der Waals surface area (Å²) in [6.07, 6.45) is 3.34. The van der Waals surface area contributed by atoms with Crippen molar-refractivity contribution < 1.29 is 9.32 Å². The molecule has 9 nitrogen and oxygen atoms in total. The van der Waals surface area contributed by atoms with Gasteiger partial charge in [0.1, 0.15) is 0 Å². The maximum absolute atomic E-state index is 12.7. The van der Waals surface area contributed by atoms with Crippen LogP contribution in [0.3, 0.4) is 0 Å². The number of hydrogen-bond donors (Lipinski definition) is 0. The number of aromatic nitrogens is 5. The Morgan fingerprint density at radius 3 is 2.85 bits per heavy atom. The van der Waals surface area contributed by atoms with E-state index in [-0.39, 0.29) is 11.9 Å². The van der Waals surface area contributed by atoms with Crippen molar-refractivity contribution in [1.29, 1.82) is 5.26 Å². The van der Waals surface area contributed by atoms with Crippen molar-refractivity contribution in [1.82, 2.24) is 30.0 Å². The van der Waals surface area contributed by atoms with E-state index < -0.39 is 0 Å². The van der Waals surface area contributed by atoms with E-state index in [1.54, 1.807) is 42.1 Å². The van der Waals surface area contributed by atoms with E-state index in [0.717, 1.165) is 12.8 Å². The Balaban J connectivity index is 1.41. The van der Waals surface area contributed by atoms with Crippen molar-refractivity contribution in [3.05, 3.63) is 47.4 Å². The molecule has 1 aromatic carbocycles. The predicted octanol–water partition coefficient (Wildman–Crippen LogP) is 1.99. The highest BCUT2D eigenvalue weighted by Gasteiger charge is 2.26. The Morgan fingerprint density at radius 1 is 1.33 bits per heavy atom. The zero-order valence-corrected chi connectivity index (χ0v) is 14.7. The number of amides is 1. The molecule has 0 saturated carbocycles. The van der Waals surface area contributed by atoms with Crippen LogP contribution in [0.2, 0.25) is 0 Å². The van der Waals surface area contributed by atoms with Gasteiger partial charge in [-0.1, -0.05) is 16.4 Å². The van der Waals surface area contributed by atoms with Gasteiger partial charge in [0, 0.05) is 18.7 Å². The fourth-order valence-corrected chi connectivity index (χ4v) is 3.19. The van der Waals surface area contributed by atoms with Crippen molar-refractivity contribution >= 4 is 5.91 Å². The summed E-state index contributed by atoms with van der Waals surface area (Å²) in [6.45, 7) is 2.99. The van der Waals surface area contributed by atoms with Crippen LogP contribution in [-0.4, -0.2) is 49.0 Å². The summed E-state index contributed by atoms with van der Waals surface area (Å²) in [4.78, 5) is 18.6. The lowest BCUT2D eigenvalue weighted by Crippen LogP contribution is -2.39.